The van der Waals surface area contributed by atoms with E-state index in [1.165, 1.54) is 4.90 Å². The number of furan rings is 1. The van der Waals surface area contributed by atoms with Gasteiger partial charge in [-0.15, -0.1) is 0 Å². The summed E-state index contributed by atoms with van der Waals surface area (Å²) in [5.41, 5.74) is 2.46. The molecule has 1 aromatic heterocycles. The van der Waals surface area contributed by atoms with Crippen LogP contribution in [0.15, 0.2) is 40.8 Å². The number of nitrogens with one attached hydrogen (secondary N) is 3. The number of anilines is 1. The number of methoxy groups -OCH3 is 1. The zero-order valence-corrected chi connectivity index (χ0v) is 14.9. The second kappa shape index (κ2) is 7.07. The summed E-state index contributed by atoms with van der Waals surface area (Å²) in [5.74, 6) is 0.733. The molecule has 0 bridgehead atoms. The van der Waals surface area contributed by atoms with Crippen molar-refractivity contribution in [3.8, 4) is 5.75 Å². The van der Waals surface area contributed by atoms with E-state index in [0.29, 0.717) is 5.11 Å². The van der Waals surface area contributed by atoms with Crippen molar-refractivity contribution in [2.45, 2.75) is 0 Å². The summed E-state index contributed by atoms with van der Waals surface area (Å²) < 4.78 is 11.4. The van der Waals surface area contributed by atoms with Crippen LogP contribution in [0, 0.1) is 0 Å². The standard InChI is InChI=1S/C18H21N3O2S/c1-21(2)9-8-19-18(24)20-14-11-16-13(10-17(14)22-3)12-6-4-5-7-15(12)23-16/h4-7,10-11H,8-9H2,1-3H3,(H2,19,20,24)/p+1. The Morgan fingerprint density at radius 1 is 1.17 bits per heavy atom. The van der Waals surface area contributed by atoms with Gasteiger partial charge < -0.3 is 24.7 Å². The highest BCUT2D eigenvalue weighted by Crippen LogP contribution is 2.36. The van der Waals surface area contributed by atoms with Gasteiger partial charge in [-0.2, -0.15) is 0 Å². The lowest BCUT2D eigenvalue weighted by Gasteiger charge is -2.14. The number of benzene rings is 2. The summed E-state index contributed by atoms with van der Waals surface area (Å²) in [5, 5.41) is 9.08. The molecule has 0 unspecified atom stereocenters. The van der Waals surface area contributed by atoms with Crippen molar-refractivity contribution in [2.24, 2.45) is 0 Å². The minimum absolute atomic E-state index is 0.574. The van der Waals surface area contributed by atoms with Gasteiger partial charge in [0, 0.05) is 16.8 Å². The number of fused-ring (bicyclic) bond motifs is 3. The van der Waals surface area contributed by atoms with Crippen LogP contribution in [0.5, 0.6) is 5.75 Å². The van der Waals surface area contributed by atoms with E-state index in [1.54, 1.807) is 7.11 Å². The monoisotopic (exact) mass is 344 g/mol. The lowest BCUT2D eigenvalue weighted by Crippen LogP contribution is -3.06. The van der Waals surface area contributed by atoms with Gasteiger partial charge in [0.15, 0.2) is 5.11 Å². The molecule has 6 heteroatoms. The molecule has 0 saturated carbocycles. The Bertz CT molecular complexity index is 873. The van der Waals surface area contributed by atoms with Crippen LogP contribution in [-0.2, 0) is 0 Å². The first kappa shape index (κ1) is 16.5. The van der Waals surface area contributed by atoms with Gasteiger partial charge in [-0.25, -0.2) is 0 Å². The smallest absolute Gasteiger partial charge is 0.171 e. The lowest BCUT2D eigenvalue weighted by atomic mass is 10.1. The largest absolute Gasteiger partial charge is 0.495 e. The van der Waals surface area contributed by atoms with Crippen LogP contribution in [0.25, 0.3) is 21.9 Å². The molecular weight excluding hydrogens is 322 g/mol. The fourth-order valence-electron chi connectivity index (χ4n) is 2.61. The number of hydrogen-bond donors (Lipinski definition) is 3. The summed E-state index contributed by atoms with van der Waals surface area (Å²) >= 11 is 5.36. The summed E-state index contributed by atoms with van der Waals surface area (Å²) in [7, 11) is 5.87. The number of ether oxygens (including phenoxy) is 1. The van der Waals surface area contributed by atoms with Gasteiger partial charge in [0.25, 0.3) is 0 Å². The van der Waals surface area contributed by atoms with E-state index < -0.39 is 0 Å². The van der Waals surface area contributed by atoms with Crippen LogP contribution < -0.4 is 20.3 Å². The fraction of sp³-hybridized carbons (Fsp3) is 0.278. The predicted molar refractivity (Wildman–Crippen MR) is 102 cm³/mol. The number of thiocarbonyl (C=S) groups is 1. The maximum Gasteiger partial charge on any atom is 0.171 e. The topological polar surface area (TPSA) is 50.9 Å². The first-order chi connectivity index (χ1) is 11.6. The summed E-state index contributed by atoms with van der Waals surface area (Å²) in [4.78, 5) is 1.37. The molecule has 3 rings (SSSR count). The average Bonchev–Trinajstić information content (AvgIpc) is 2.91. The maximum atomic E-state index is 5.92. The van der Waals surface area contributed by atoms with Crippen LogP contribution in [0.4, 0.5) is 5.69 Å². The molecule has 0 amide bonds. The Morgan fingerprint density at radius 2 is 1.96 bits per heavy atom. The van der Waals surface area contributed by atoms with Crippen molar-refractivity contribution in [1.29, 1.82) is 0 Å². The molecule has 24 heavy (non-hydrogen) atoms. The van der Waals surface area contributed by atoms with Crippen molar-refractivity contribution in [2.75, 3.05) is 39.6 Å². The third kappa shape index (κ3) is 3.44. The van der Waals surface area contributed by atoms with Gasteiger partial charge in [0.1, 0.15) is 16.9 Å². The quantitative estimate of drug-likeness (QED) is 0.619. The van der Waals surface area contributed by atoms with E-state index in [1.807, 2.05) is 36.4 Å². The Balaban J connectivity index is 1.87. The van der Waals surface area contributed by atoms with Gasteiger partial charge >= 0.3 is 0 Å². The molecule has 0 spiro atoms. The normalized spacial score (nSPS) is 11.2. The second-order valence-corrected chi connectivity index (χ2v) is 6.39. The first-order valence-corrected chi connectivity index (χ1v) is 8.32. The van der Waals surface area contributed by atoms with Crippen molar-refractivity contribution < 1.29 is 14.1 Å². The Labute approximate surface area is 146 Å². The number of rotatable bonds is 5. The third-order valence-electron chi connectivity index (χ3n) is 3.86. The van der Waals surface area contributed by atoms with E-state index >= 15 is 0 Å². The first-order valence-electron chi connectivity index (χ1n) is 7.91. The molecule has 126 valence electrons. The molecule has 0 saturated heterocycles. The fourth-order valence-corrected chi connectivity index (χ4v) is 2.82. The van der Waals surface area contributed by atoms with Gasteiger partial charge in [-0.3, -0.25) is 0 Å². The Morgan fingerprint density at radius 3 is 2.71 bits per heavy atom. The van der Waals surface area contributed by atoms with Crippen LogP contribution in [-0.4, -0.2) is 39.4 Å². The zero-order valence-electron chi connectivity index (χ0n) is 14.1. The minimum Gasteiger partial charge on any atom is -0.495 e. The van der Waals surface area contributed by atoms with Crippen LogP contribution >= 0.6 is 12.2 Å². The molecule has 0 atom stereocenters. The molecule has 0 aliphatic rings. The molecule has 3 N–H and O–H groups in total. The van der Waals surface area contributed by atoms with Crippen molar-refractivity contribution in [3.63, 3.8) is 0 Å². The van der Waals surface area contributed by atoms with E-state index in [-0.39, 0.29) is 0 Å². The Kier molecular flexibility index (Phi) is 4.87. The van der Waals surface area contributed by atoms with Crippen LogP contribution in [0.3, 0.4) is 0 Å². The highest BCUT2D eigenvalue weighted by Gasteiger charge is 2.13. The van der Waals surface area contributed by atoms with Gasteiger partial charge in [0.05, 0.1) is 40.0 Å². The number of quaternary nitrogens is 1. The molecule has 0 aliphatic carbocycles. The minimum atomic E-state index is 0.574. The van der Waals surface area contributed by atoms with E-state index in [9.17, 15) is 0 Å². The highest BCUT2D eigenvalue weighted by atomic mass is 32.1. The van der Waals surface area contributed by atoms with E-state index in [4.69, 9.17) is 21.4 Å². The van der Waals surface area contributed by atoms with Gasteiger partial charge in [-0.05, 0) is 24.4 Å². The second-order valence-electron chi connectivity index (χ2n) is 5.98. The SMILES string of the molecule is COc1cc2c(cc1NC(=S)NCC[NH+](C)C)oc1ccccc12. The van der Waals surface area contributed by atoms with Crippen molar-refractivity contribution >= 4 is 45.0 Å². The maximum absolute atomic E-state index is 5.92. The van der Waals surface area contributed by atoms with Crippen molar-refractivity contribution in [1.82, 2.24) is 5.32 Å². The van der Waals surface area contributed by atoms with Gasteiger partial charge in [0.2, 0.25) is 0 Å². The molecule has 0 radical (unpaired) electrons. The highest BCUT2D eigenvalue weighted by molar-refractivity contribution is 7.80. The average molecular weight is 344 g/mol. The molecule has 1 heterocycles. The molecule has 0 aliphatic heterocycles. The van der Waals surface area contributed by atoms with E-state index in [2.05, 4.69) is 24.7 Å². The Hall–Kier alpha value is -2.31. The van der Waals surface area contributed by atoms with Crippen molar-refractivity contribution in [3.05, 3.63) is 36.4 Å². The molecule has 2 aromatic carbocycles. The summed E-state index contributed by atoms with van der Waals surface area (Å²) in [6, 6.07) is 11.9. The molecular formula is C18H22N3O2S+. The van der Waals surface area contributed by atoms with Gasteiger partial charge in [-0.1, -0.05) is 18.2 Å². The third-order valence-corrected chi connectivity index (χ3v) is 4.10. The molecule has 5 nitrogen and oxygen atoms in total. The van der Waals surface area contributed by atoms with Crippen LogP contribution in [0.2, 0.25) is 0 Å². The van der Waals surface area contributed by atoms with Crippen LogP contribution in [0.1, 0.15) is 0 Å². The zero-order chi connectivity index (χ0) is 17.1. The number of hydrogen-bond acceptors (Lipinski definition) is 3. The summed E-state index contributed by atoms with van der Waals surface area (Å²) in [6.07, 6.45) is 0. The lowest BCUT2D eigenvalue weighted by molar-refractivity contribution is -0.856. The number of likely N-dealkylation sites (N-methyl/N-ethyl adjacent to an activating group) is 1. The van der Waals surface area contributed by atoms with E-state index in [0.717, 1.165) is 46.5 Å². The number of para-hydroxylation sites is 1. The molecule has 3 aromatic rings. The predicted octanol–water partition coefficient (Wildman–Crippen LogP) is 2.03. The molecule has 0 fully saturated rings. The summed E-state index contributed by atoms with van der Waals surface area (Å²) in [6.45, 7) is 1.80.